The van der Waals surface area contributed by atoms with Crippen molar-refractivity contribution >= 4 is 33.0 Å². The molecule has 0 bridgehead atoms. The largest absolute Gasteiger partial charge is 0.489 e. The molecule has 0 aliphatic carbocycles. The second kappa shape index (κ2) is 8.67. The Morgan fingerprint density at radius 1 is 1.00 bits per heavy atom. The van der Waals surface area contributed by atoms with E-state index in [1.165, 1.54) is 30.3 Å². The highest BCUT2D eigenvalue weighted by Crippen LogP contribution is 2.38. The molecule has 0 aliphatic rings. The fraction of sp³-hybridized carbons (Fsp3) is 0.0800. The zero-order valence-corrected chi connectivity index (χ0v) is 18.2. The summed E-state index contributed by atoms with van der Waals surface area (Å²) in [6.45, 7) is 3.90. The van der Waals surface area contributed by atoms with E-state index in [-0.39, 0.29) is 28.9 Å². The van der Waals surface area contributed by atoms with Gasteiger partial charge in [-0.1, -0.05) is 65.0 Å². The molecule has 0 fully saturated rings. The first-order valence-electron chi connectivity index (χ1n) is 9.54. The molecule has 0 saturated heterocycles. The van der Waals surface area contributed by atoms with E-state index in [1.54, 1.807) is 18.2 Å². The van der Waals surface area contributed by atoms with Crippen LogP contribution in [0.15, 0.2) is 87.0 Å². The lowest BCUT2D eigenvalue weighted by Gasteiger charge is -2.13. The Balaban J connectivity index is 1.74. The van der Waals surface area contributed by atoms with E-state index in [2.05, 4.69) is 22.5 Å². The van der Waals surface area contributed by atoms with Crippen LogP contribution in [-0.4, -0.2) is 0 Å². The smallest absolute Gasteiger partial charge is 0.450 e. The first kappa shape index (κ1) is 21.9. The Morgan fingerprint density at radius 3 is 2.31 bits per heavy atom. The maximum atomic E-state index is 13.8. The molecule has 0 unspecified atom stereocenters. The molecule has 0 spiro atoms. The molecule has 162 valence electrons. The molecule has 1 aromatic heterocycles. The van der Waals surface area contributed by atoms with Crippen molar-refractivity contribution in [2.24, 2.45) is 0 Å². The molecule has 0 aliphatic heterocycles. The zero-order valence-electron chi connectivity index (χ0n) is 16.6. The predicted molar refractivity (Wildman–Crippen MR) is 121 cm³/mol. The molecule has 0 amide bonds. The van der Waals surface area contributed by atoms with Gasteiger partial charge in [-0.05, 0) is 41.0 Å². The van der Waals surface area contributed by atoms with Gasteiger partial charge in [-0.3, -0.25) is 4.79 Å². The number of ether oxygens (including phenoxy) is 1. The van der Waals surface area contributed by atoms with E-state index in [0.29, 0.717) is 4.47 Å². The number of benzene rings is 3. The minimum absolute atomic E-state index is 0.0404. The van der Waals surface area contributed by atoms with Gasteiger partial charge in [0.15, 0.2) is 0 Å². The first-order chi connectivity index (χ1) is 15.3. The molecule has 4 rings (SSSR count). The van der Waals surface area contributed by atoms with E-state index in [1.807, 2.05) is 24.3 Å². The molecule has 0 atom stereocenters. The zero-order chi connectivity index (χ0) is 22.9. The lowest BCUT2D eigenvalue weighted by molar-refractivity contribution is -0.152. The highest BCUT2D eigenvalue weighted by atomic mass is 79.9. The molecule has 0 N–H and O–H groups in total. The van der Waals surface area contributed by atoms with Crippen molar-refractivity contribution < 1.29 is 22.3 Å². The summed E-state index contributed by atoms with van der Waals surface area (Å²) in [6.07, 6.45) is -3.13. The van der Waals surface area contributed by atoms with Crippen LogP contribution in [0.1, 0.15) is 16.9 Å². The third-order valence-electron chi connectivity index (χ3n) is 4.88. The highest BCUT2D eigenvalue weighted by Gasteiger charge is 2.39. The predicted octanol–water partition coefficient (Wildman–Crippen LogP) is 7.46. The van der Waals surface area contributed by atoms with Gasteiger partial charge in [-0.15, -0.1) is 0 Å². The van der Waals surface area contributed by atoms with Gasteiger partial charge in [0, 0.05) is 10.5 Å². The van der Waals surface area contributed by atoms with Gasteiger partial charge in [0.1, 0.15) is 17.9 Å². The normalized spacial score (nSPS) is 11.5. The number of halogens is 4. The number of alkyl halides is 3. The van der Waals surface area contributed by atoms with Gasteiger partial charge in [0.25, 0.3) is 0 Å². The van der Waals surface area contributed by atoms with Crippen molar-refractivity contribution in [1.29, 1.82) is 0 Å². The SMILES string of the molecule is C=Cc1ccc(COc2ccc3c(=O)c(-c4ccc(Br)cc4)c(C(F)(F)F)oc3c2)cc1. The summed E-state index contributed by atoms with van der Waals surface area (Å²) in [5, 5.41) is 0.0404. The van der Waals surface area contributed by atoms with Crippen molar-refractivity contribution in [3.8, 4) is 16.9 Å². The molecular weight excluding hydrogens is 485 g/mol. The fourth-order valence-electron chi connectivity index (χ4n) is 3.26. The van der Waals surface area contributed by atoms with Crippen molar-refractivity contribution in [2.75, 3.05) is 0 Å². The third-order valence-corrected chi connectivity index (χ3v) is 5.40. The Morgan fingerprint density at radius 2 is 1.69 bits per heavy atom. The summed E-state index contributed by atoms with van der Waals surface area (Å²) in [5.74, 6) is -1.05. The molecule has 32 heavy (non-hydrogen) atoms. The summed E-state index contributed by atoms with van der Waals surface area (Å²) in [5.41, 5.74) is 0.490. The van der Waals surface area contributed by atoms with E-state index in [0.717, 1.165) is 11.1 Å². The van der Waals surface area contributed by atoms with E-state index in [9.17, 15) is 18.0 Å². The molecule has 4 aromatic rings. The lowest BCUT2D eigenvalue weighted by atomic mass is 10.0. The van der Waals surface area contributed by atoms with Crippen LogP contribution in [0.5, 0.6) is 5.75 Å². The summed E-state index contributed by atoms with van der Waals surface area (Å²) >= 11 is 3.24. The van der Waals surface area contributed by atoms with Gasteiger partial charge in [0.2, 0.25) is 11.2 Å². The van der Waals surface area contributed by atoms with Crippen LogP contribution in [-0.2, 0) is 12.8 Å². The monoisotopic (exact) mass is 500 g/mol. The molecule has 1 heterocycles. The lowest BCUT2D eigenvalue weighted by Crippen LogP contribution is -2.16. The highest BCUT2D eigenvalue weighted by molar-refractivity contribution is 9.10. The van der Waals surface area contributed by atoms with E-state index in [4.69, 9.17) is 9.15 Å². The fourth-order valence-corrected chi connectivity index (χ4v) is 3.52. The van der Waals surface area contributed by atoms with E-state index < -0.39 is 22.9 Å². The van der Waals surface area contributed by atoms with Gasteiger partial charge in [-0.2, -0.15) is 13.2 Å². The quantitative estimate of drug-likeness (QED) is 0.285. The summed E-state index contributed by atoms with van der Waals surface area (Å²) in [7, 11) is 0. The van der Waals surface area contributed by atoms with Crippen molar-refractivity contribution in [3.05, 3.63) is 105 Å². The summed E-state index contributed by atoms with van der Waals surface area (Å²) in [6, 6.07) is 17.8. The molecule has 0 saturated carbocycles. The Hall–Kier alpha value is -3.32. The standard InChI is InChI=1S/C25H16BrF3O3/c1-2-15-3-5-16(6-4-15)14-31-19-11-12-20-21(13-19)32-24(25(27,28)29)22(23(20)30)17-7-9-18(26)10-8-17/h2-13H,1,14H2. The van der Waals surface area contributed by atoms with Gasteiger partial charge >= 0.3 is 6.18 Å². The van der Waals surface area contributed by atoms with Gasteiger partial charge < -0.3 is 9.15 Å². The van der Waals surface area contributed by atoms with Crippen LogP contribution in [0.25, 0.3) is 28.2 Å². The maximum Gasteiger partial charge on any atom is 0.450 e. The van der Waals surface area contributed by atoms with Crippen LogP contribution in [0, 0.1) is 0 Å². The van der Waals surface area contributed by atoms with Crippen LogP contribution in [0.3, 0.4) is 0 Å². The number of hydrogen-bond donors (Lipinski definition) is 0. The number of hydrogen-bond acceptors (Lipinski definition) is 3. The van der Waals surface area contributed by atoms with Crippen LogP contribution < -0.4 is 10.2 Å². The van der Waals surface area contributed by atoms with Crippen molar-refractivity contribution in [2.45, 2.75) is 12.8 Å². The van der Waals surface area contributed by atoms with E-state index >= 15 is 0 Å². The summed E-state index contributed by atoms with van der Waals surface area (Å²) in [4.78, 5) is 13.0. The van der Waals surface area contributed by atoms with Gasteiger partial charge in [-0.25, -0.2) is 0 Å². The molecule has 3 nitrogen and oxygen atoms in total. The minimum Gasteiger partial charge on any atom is -0.489 e. The molecule has 7 heteroatoms. The molecule has 0 radical (unpaired) electrons. The molecule has 3 aromatic carbocycles. The average molecular weight is 501 g/mol. The topological polar surface area (TPSA) is 39.4 Å². The second-order valence-corrected chi connectivity index (χ2v) is 7.95. The average Bonchev–Trinajstić information content (AvgIpc) is 2.78. The third kappa shape index (κ3) is 4.48. The molecular formula is C25H16BrF3O3. The summed E-state index contributed by atoms with van der Waals surface area (Å²) < 4.78 is 52.9. The first-order valence-corrected chi connectivity index (χ1v) is 10.3. The maximum absolute atomic E-state index is 13.8. The number of fused-ring (bicyclic) bond motifs is 1. The van der Waals surface area contributed by atoms with Crippen LogP contribution in [0.2, 0.25) is 0 Å². The van der Waals surface area contributed by atoms with Crippen LogP contribution in [0.4, 0.5) is 13.2 Å². The minimum atomic E-state index is -4.85. The van der Waals surface area contributed by atoms with Crippen molar-refractivity contribution in [1.82, 2.24) is 0 Å². The van der Waals surface area contributed by atoms with Crippen LogP contribution >= 0.6 is 15.9 Å². The second-order valence-electron chi connectivity index (χ2n) is 7.03. The van der Waals surface area contributed by atoms with Gasteiger partial charge in [0.05, 0.1) is 10.9 Å². The Labute approximate surface area is 189 Å². The van der Waals surface area contributed by atoms with Crippen molar-refractivity contribution in [3.63, 3.8) is 0 Å². The Bertz CT molecular complexity index is 1340. The Kier molecular flexibility index (Phi) is 5.93. The number of rotatable bonds is 5.